The Morgan fingerprint density at radius 2 is 1.84 bits per heavy atom. The molecular formula is C16H21ClN2. The van der Waals surface area contributed by atoms with E-state index < -0.39 is 0 Å². The fraction of sp³-hybridized carbons (Fsp3) is 0.562. The van der Waals surface area contributed by atoms with Gasteiger partial charge in [0.15, 0.2) is 0 Å². The largest absolute Gasteiger partial charge is 0.344 e. The Hall–Kier alpha value is -1.02. The monoisotopic (exact) mass is 276 g/mol. The maximum absolute atomic E-state index is 4.53. The van der Waals surface area contributed by atoms with Crippen LogP contribution in [0.3, 0.4) is 0 Å². The molecule has 3 aliphatic rings. The molecule has 1 heterocycles. The summed E-state index contributed by atoms with van der Waals surface area (Å²) in [4.78, 5) is 4.53. The van der Waals surface area contributed by atoms with E-state index in [-0.39, 0.29) is 12.4 Å². The molecule has 1 aromatic rings. The van der Waals surface area contributed by atoms with E-state index in [0.717, 1.165) is 24.8 Å². The normalized spacial score (nSPS) is 21.8. The van der Waals surface area contributed by atoms with E-state index in [1.54, 1.807) is 11.1 Å². The molecule has 0 bridgehead atoms. The van der Waals surface area contributed by atoms with E-state index in [0.29, 0.717) is 0 Å². The summed E-state index contributed by atoms with van der Waals surface area (Å²) in [5.41, 5.74) is 4.44. The van der Waals surface area contributed by atoms with Gasteiger partial charge in [0.1, 0.15) is 5.84 Å². The molecule has 0 spiro atoms. The first-order valence-electron chi connectivity index (χ1n) is 7.34. The highest BCUT2D eigenvalue weighted by molar-refractivity contribution is 5.97. The fourth-order valence-corrected chi connectivity index (χ4v) is 2.89. The van der Waals surface area contributed by atoms with Crippen LogP contribution in [0.5, 0.6) is 0 Å². The number of rotatable bonds is 3. The number of benzene rings is 1. The summed E-state index contributed by atoms with van der Waals surface area (Å²) in [5.74, 6) is 2.87. The summed E-state index contributed by atoms with van der Waals surface area (Å²) in [6, 6.07) is 7.08. The molecule has 102 valence electrons. The van der Waals surface area contributed by atoms with E-state index in [1.165, 1.54) is 43.6 Å². The maximum atomic E-state index is 4.53. The molecule has 2 fully saturated rings. The van der Waals surface area contributed by atoms with Crippen LogP contribution in [0, 0.1) is 0 Å². The molecule has 4 rings (SSSR count). The lowest BCUT2D eigenvalue weighted by Crippen LogP contribution is -2.10. The van der Waals surface area contributed by atoms with Crippen molar-refractivity contribution in [3.05, 3.63) is 29.3 Å². The zero-order valence-electron chi connectivity index (χ0n) is 11.2. The van der Waals surface area contributed by atoms with Crippen molar-refractivity contribution in [3.8, 4) is 0 Å². The third-order valence-electron chi connectivity index (χ3n) is 4.29. The maximum Gasteiger partial charge on any atom is 0.101 e. The van der Waals surface area contributed by atoms with Crippen LogP contribution in [0.15, 0.2) is 23.2 Å². The highest BCUT2D eigenvalue weighted by atomic mass is 35.5. The van der Waals surface area contributed by atoms with Gasteiger partial charge in [-0.1, -0.05) is 12.1 Å². The molecule has 2 nitrogen and oxygen atoms in total. The summed E-state index contributed by atoms with van der Waals surface area (Å²) in [7, 11) is 0. The van der Waals surface area contributed by atoms with E-state index in [4.69, 9.17) is 0 Å². The van der Waals surface area contributed by atoms with Crippen molar-refractivity contribution in [2.45, 2.75) is 50.4 Å². The first-order valence-corrected chi connectivity index (χ1v) is 7.34. The van der Waals surface area contributed by atoms with Crippen molar-refractivity contribution in [2.75, 3.05) is 11.9 Å². The molecule has 1 aromatic carbocycles. The number of hydrogen-bond donors (Lipinski definition) is 1. The van der Waals surface area contributed by atoms with Gasteiger partial charge in [-0.2, -0.15) is 0 Å². The van der Waals surface area contributed by atoms with Crippen LogP contribution >= 0.6 is 12.4 Å². The summed E-state index contributed by atoms with van der Waals surface area (Å²) in [6.07, 6.45) is 7.85. The smallest absolute Gasteiger partial charge is 0.101 e. The number of nitrogens with one attached hydrogen (secondary N) is 1. The second-order valence-corrected chi connectivity index (χ2v) is 5.95. The van der Waals surface area contributed by atoms with Gasteiger partial charge in [0, 0.05) is 18.7 Å². The van der Waals surface area contributed by atoms with Crippen molar-refractivity contribution in [3.63, 3.8) is 0 Å². The van der Waals surface area contributed by atoms with Crippen molar-refractivity contribution in [1.29, 1.82) is 0 Å². The number of anilines is 1. The van der Waals surface area contributed by atoms with Crippen LogP contribution in [-0.4, -0.2) is 12.4 Å². The average molecular weight is 277 g/mol. The number of hydrogen-bond acceptors (Lipinski definition) is 2. The highest BCUT2D eigenvalue weighted by Crippen LogP contribution is 2.47. The van der Waals surface area contributed by atoms with Gasteiger partial charge in [-0.15, -0.1) is 12.4 Å². The Morgan fingerprint density at radius 3 is 2.47 bits per heavy atom. The third-order valence-corrected chi connectivity index (χ3v) is 4.29. The average Bonchev–Trinajstić information content (AvgIpc) is 3.30. The lowest BCUT2D eigenvalue weighted by atomic mass is 10.0. The lowest BCUT2D eigenvalue weighted by molar-refractivity contribution is 0.951. The number of nitrogens with zero attached hydrogens (tertiary/aromatic N) is 1. The molecule has 3 heteroatoms. The van der Waals surface area contributed by atoms with Crippen LogP contribution in [0.1, 0.15) is 61.5 Å². The van der Waals surface area contributed by atoms with E-state index >= 15 is 0 Å². The van der Waals surface area contributed by atoms with Gasteiger partial charge in [0.25, 0.3) is 0 Å². The highest BCUT2D eigenvalue weighted by Gasteiger charge is 2.29. The minimum atomic E-state index is 0. The molecule has 0 radical (unpaired) electrons. The number of amidine groups is 1. The van der Waals surface area contributed by atoms with Gasteiger partial charge < -0.3 is 5.32 Å². The Bertz CT molecular complexity index is 501. The van der Waals surface area contributed by atoms with Crippen molar-refractivity contribution in [2.24, 2.45) is 4.99 Å². The summed E-state index contributed by atoms with van der Waals surface area (Å²) < 4.78 is 0. The van der Waals surface area contributed by atoms with Crippen LogP contribution < -0.4 is 5.32 Å². The summed E-state index contributed by atoms with van der Waals surface area (Å²) in [6.45, 7) is 1.00. The predicted octanol–water partition coefficient (Wildman–Crippen LogP) is 4.47. The molecule has 0 atom stereocenters. The van der Waals surface area contributed by atoms with Crippen LogP contribution in [0.25, 0.3) is 0 Å². The van der Waals surface area contributed by atoms with Crippen molar-refractivity contribution >= 4 is 23.9 Å². The standard InChI is InChI=1S/C16H20N2.ClH/c1-2-16(17-9-1)18-15-8-7-13(11-3-4-11)10-14(15)12-5-6-12;/h7-8,10-12H,1-6,9H2,(H,17,18);1H. The third kappa shape index (κ3) is 2.79. The second kappa shape index (κ2) is 5.16. The second-order valence-electron chi connectivity index (χ2n) is 5.95. The molecule has 0 aromatic heterocycles. The predicted molar refractivity (Wildman–Crippen MR) is 82.8 cm³/mol. The van der Waals surface area contributed by atoms with E-state index in [2.05, 4.69) is 28.5 Å². The molecule has 0 unspecified atom stereocenters. The molecular weight excluding hydrogens is 256 g/mol. The van der Waals surface area contributed by atoms with E-state index in [1.807, 2.05) is 0 Å². The molecule has 0 amide bonds. The van der Waals surface area contributed by atoms with Gasteiger partial charge in [0.2, 0.25) is 0 Å². The number of aliphatic imine (C=N–C) groups is 1. The Labute approximate surface area is 121 Å². The molecule has 0 saturated heterocycles. The minimum absolute atomic E-state index is 0. The van der Waals surface area contributed by atoms with Crippen LogP contribution in [-0.2, 0) is 0 Å². The van der Waals surface area contributed by atoms with Gasteiger partial charge in [-0.3, -0.25) is 4.99 Å². The van der Waals surface area contributed by atoms with Crippen LogP contribution in [0.2, 0.25) is 0 Å². The lowest BCUT2D eigenvalue weighted by Gasteiger charge is -2.13. The topological polar surface area (TPSA) is 24.4 Å². The minimum Gasteiger partial charge on any atom is -0.344 e. The molecule has 2 aliphatic carbocycles. The van der Waals surface area contributed by atoms with Crippen molar-refractivity contribution in [1.82, 2.24) is 0 Å². The Morgan fingerprint density at radius 1 is 1.05 bits per heavy atom. The molecule has 19 heavy (non-hydrogen) atoms. The summed E-state index contributed by atoms with van der Waals surface area (Å²) in [5, 5.41) is 3.57. The Balaban J connectivity index is 0.00000110. The van der Waals surface area contributed by atoms with Gasteiger partial charge >= 0.3 is 0 Å². The fourth-order valence-electron chi connectivity index (χ4n) is 2.89. The van der Waals surface area contributed by atoms with E-state index in [9.17, 15) is 0 Å². The van der Waals surface area contributed by atoms with Crippen LogP contribution in [0.4, 0.5) is 5.69 Å². The molecule has 1 aliphatic heterocycles. The van der Waals surface area contributed by atoms with Gasteiger partial charge in [0.05, 0.1) is 0 Å². The molecule has 1 N–H and O–H groups in total. The zero-order valence-corrected chi connectivity index (χ0v) is 12.0. The van der Waals surface area contributed by atoms with Gasteiger partial charge in [-0.25, -0.2) is 0 Å². The molecule has 2 saturated carbocycles. The zero-order chi connectivity index (χ0) is 11.9. The van der Waals surface area contributed by atoms with Gasteiger partial charge in [-0.05, 0) is 61.1 Å². The number of halogens is 1. The SMILES string of the molecule is Cl.c1cc(NC2=NCCC2)c(C2CC2)cc1C1CC1. The first kappa shape index (κ1) is 13.0. The quantitative estimate of drug-likeness (QED) is 0.866. The summed E-state index contributed by atoms with van der Waals surface area (Å²) >= 11 is 0. The Kier molecular flexibility index (Phi) is 3.53. The van der Waals surface area contributed by atoms with Crippen molar-refractivity contribution < 1.29 is 0 Å². The first-order chi connectivity index (χ1) is 8.90.